The highest BCUT2D eigenvalue weighted by molar-refractivity contribution is 5.69. The average Bonchev–Trinajstić information content (AvgIpc) is 2.26. The third-order valence-corrected chi connectivity index (χ3v) is 3.75. The predicted octanol–water partition coefficient (Wildman–Crippen LogP) is 2.26. The number of aliphatic hydroxyl groups is 1. The Morgan fingerprint density at radius 2 is 1.78 bits per heavy atom. The van der Waals surface area contributed by atoms with Crippen molar-refractivity contribution in [2.24, 2.45) is 11.8 Å². The smallest absolute Gasteiger partial charge is 0.306 e. The largest absolute Gasteiger partial charge is 0.481 e. The molecular formula is C14H29NO3. The minimum atomic E-state index is -0.724. The second-order valence-electron chi connectivity index (χ2n) is 5.96. The highest BCUT2D eigenvalue weighted by Gasteiger charge is 2.24. The van der Waals surface area contributed by atoms with Crippen LogP contribution in [0, 0.1) is 11.8 Å². The van der Waals surface area contributed by atoms with Crippen molar-refractivity contribution in [1.82, 2.24) is 5.32 Å². The van der Waals surface area contributed by atoms with Gasteiger partial charge < -0.3 is 15.5 Å². The number of hydrogen-bond donors (Lipinski definition) is 3. The summed E-state index contributed by atoms with van der Waals surface area (Å²) >= 11 is 0. The van der Waals surface area contributed by atoms with Crippen molar-refractivity contribution in [2.75, 3.05) is 6.54 Å². The van der Waals surface area contributed by atoms with Crippen LogP contribution in [0.15, 0.2) is 0 Å². The van der Waals surface area contributed by atoms with Crippen LogP contribution in [0.4, 0.5) is 0 Å². The Balaban J connectivity index is 3.79. The Labute approximate surface area is 111 Å². The van der Waals surface area contributed by atoms with Gasteiger partial charge in [-0.2, -0.15) is 0 Å². The van der Waals surface area contributed by atoms with Crippen LogP contribution in [0.1, 0.15) is 53.9 Å². The van der Waals surface area contributed by atoms with E-state index in [-0.39, 0.29) is 11.8 Å². The highest BCUT2D eigenvalue weighted by Crippen LogP contribution is 2.15. The van der Waals surface area contributed by atoms with E-state index >= 15 is 0 Å². The second-order valence-corrected chi connectivity index (χ2v) is 5.96. The van der Waals surface area contributed by atoms with Crippen LogP contribution in [0.2, 0.25) is 0 Å². The first-order chi connectivity index (χ1) is 8.16. The molecule has 4 nitrogen and oxygen atoms in total. The molecule has 0 aromatic heterocycles. The van der Waals surface area contributed by atoms with E-state index < -0.39 is 11.6 Å². The van der Waals surface area contributed by atoms with Gasteiger partial charge in [-0.05, 0) is 32.6 Å². The molecule has 3 N–H and O–H groups in total. The molecule has 0 spiro atoms. The molecule has 0 radical (unpaired) electrons. The Morgan fingerprint density at radius 3 is 2.22 bits per heavy atom. The lowest BCUT2D eigenvalue weighted by molar-refractivity contribution is -0.141. The van der Waals surface area contributed by atoms with Gasteiger partial charge in [0.05, 0.1) is 11.5 Å². The van der Waals surface area contributed by atoms with Crippen LogP contribution >= 0.6 is 0 Å². The summed E-state index contributed by atoms with van der Waals surface area (Å²) in [5.74, 6) is -0.779. The van der Waals surface area contributed by atoms with Crippen molar-refractivity contribution >= 4 is 5.97 Å². The summed E-state index contributed by atoms with van der Waals surface area (Å²) in [6, 6.07) is 0.302. The summed E-state index contributed by atoms with van der Waals surface area (Å²) in [4.78, 5) is 10.7. The van der Waals surface area contributed by atoms with Gasteiger partial charge in [0.15, 0.2) is 0 Å². The third kappa shape index (κ3) is 6.97. The molecule has 0 aliphatic rings. The van der Waals surface area contributed by atoms with Gasteiger partial charge in [0.1, 0.15) is 0 Å². The maximum atomic E-state index is 10.7. The lowest BCUT2D eigenvalue weighted by Gasteiger charge is -2.29. The SMILES string of the molecule is CC(CCCC(C)C(=O)O)NCC(C)(O)C(C)C. The number of rotatable bonds is 9. The molecule has 0 saturated heterocycles. The first-order valence-electron chi connectivity index (χ1n) is 6.85. The van der Waals surface area contributed by atoms with E-state index in [0.29, 0.717) is 19.0 Å². The quantitative estimate of drug-likeness (QED) is 0.594. The van der Waals surface area contributed by atoms with Crippen molar-refractivity contribution < 1.29 is 15.0 Å². The van der Waals surface area contributed by atoms with Crippen LogP contribution in [0.5, 0.6) is 0 Å². The Hall–Kier alpha value is -0.610. The van der Waals surface area contributed by atoms with E-state index in [9.17, 15) is 9.90 Å². The fraction of sp³-hybridized carbons (Fsp3) is 0.929. The molecule has 108 valence electrons. The first kappa shape index (κ1) is 17.4. The number of carboxylic acid groups (broad SMARTS) is 1. The molecule has 0 amide bonds. The number of carbonyl (C=O) groups is 1. The van der Waals surface area contributed by atoms with Crippen LogP contribution in [0.25, 0.3) is 0 Å². The molecule has 0 aliphatic heterocycles. The molecule has 0 fully saturated rings. The zero-order chi connectivity index (χ0) is 14.3. The highest BCUT2D eigenvalue weighted by atomic mass is 16.4. The molecule has 0 rings (SSSR count). The van der Waals surface area contributed by atoms with E-state index in [1.165, 1.54) is 0 Å². The van der Waals surface area contributed by atoms with Gasteiger partial charge in [0.2, 0.25) is 0 Å². The zero-order valence-corrected chi connectivity index (χ0v) is 12.4. The van der Waals surface area contributed by atoms with Gasteiger partial charge in [-0.15, -0.1) is 0 Å². The number of carboxylic acids is 1. The molecule has 3 unspecified atom stereocenters. The second kappa shape index (κ2) is 7.74. The van der Waals surface area contributed by atoms with Gasteiger partial charge in [0, 0.05) is 12.6 Å². The van der Waals surface area contributed by atoms with Crippen LogP contribution in [0.3, 0.4) is 0 Å². The molecule has 0 heterocycles. The molecular weight excluding hydrogens is 230 g/mol. The van der Waals surface area contributed by atoms with Crippen molar-refractivity contribution in [3.8, 4) is 0 Å². The standard InChI is InChI=1S/C14H29NO3/c1-10(2)14(5,18)9-15-12(4)8-6-7-11(3)13(16)17/h10-12,15,18H,6-9H2,1-5H3,(H,16,17). The van der Waals surface area contributed by atoms with Gasteiger partial charge >= 0.3 is 5.97 Å². The normalized spacial score (nSPS) is 18.4. The van der Waals surface area contributed by atoms with Crippen molar-refractivity contribution in [3.05, 3.63) is 0 Å². The van der Waals surface area contributed by atoms with E-state index in [1.807, 2.05) is 20.8 Å². The molecule has 3 atom stereocenters. The van der Waals surface area contributed by atoms with Crippen molar-refractivity contribution in [3.63, 3.8) is 0 Å². The molecule has 0 aliphatic carbocycles. The first-order valence-corrected chi connectivity index (χ1v) is 6.85. The van der Waals surface area contributed by atoms with Crippen molar-refractivity contribution in [1.29, 1.82) is 0 Å². The fourth-order valence-electron chi connectivity index (χ4n) is 1.54. The summed E-state index contributed by atoms with van der Waals surface area (Å²) in [6.45, 7) is 10.2. The van der Waals surface area contributed by atoms with Crippen LogP contribution in [-0.2, 0) is 4.79 Å². The number of hydrogen-bond acceptors (Lipinski definition) is 3. The Morgan fingerprint density at radius 1 is 1.22 bits per heavy atom. The molecule has 0 aromatic carbocycles. The van der Waals surface area contributed by atoms with Gasteiger partial charge in [-0.3, -0.25) is 4.79 Å². The molecule has 4 heteroatoms. The van der Waals surface area contributed by atoms with Crippen molar-refractivity contribution in [2.45, 2.75) is 65.5 Å². The molecule has 0 bridgehead atoms. The minimum absolute atomic E-state index is 0.212. The number of aliphatic carboxylic acids is 1. The topological polar surface area (TPSA) is 69.6 Å². The monoisotopic (exact) mass is 259 g/mol. The van der Waals surface area contributed by atoms with E-state index in [1.54, 1.807) is 6.92 Å². The lowest BCUT2D eigenvalue weighted by Crippen LogP contribution is -2.45. The average molecular weight is 259 g/mol. The summed E-state index contributed by atoms with van der Waals surface area (Å²) in [5.41, 5.74) is -0.692. The van der Waals surface area contributed by atoms with Gasteiger partial charge in [-0.25, -0.2) is 0 Å². The maximum absolute atomic E-state index is 10.7. The fourth-order valence-corrected chi connectivity index (χ4v) is 1.54. The van der Waals surface area contributed by atoms with Crippen LogP contribution in [-0.4, -0.2) is 34.4 Å². The minimum Gasteiger partial charge on any atom is -0.481 e. The predicted molar refractivity (Wildman–Crippen MR) is 73.6 cm³/mol. The van der Waals surface area contributed by atoms with E-state index in [2.05, 4.69) is 12.2 Å². The summed E-state index contributed by atoms with van der Waals surface area (Å²) in [6.07, 6.45) is 2.54. The van der Waals surface area contributed by atoms with Crippen LogP contribution < -0.4 is 5.32 Å². The summed E-state index contributed by atoms with van der Waals surface area (Å²) in [5, 5.41) is 22.2. The number of nitrogens with one attached hydrogen (secondary N) is 1. The van der Waals surface area contributed by atoms with E-state index in [4.69, 9.17) is 5.11 Å². The molecule has 18 heavy (non-hydrogen) atoms. The van der Waals surface area contributed by atoms with Gasteiger partial charge in [0.25, 0.3) is 0 Å². The molecule has 0 saturated carbocycles. The van der Waals surface area contributed by atoms with Gasteiger partial charge in [-0.1, -0.05) is 27.2 Å². The van der Waals surface area contributed by atoms with E-state index in [0.717, 1.165) is 12.8 Å². The summed E-state index contributed by atoms with van der Waals surface area (Å²) < 4.78 is 0. The Kier molecular flexibility index (Phi) is 7.48. The zero-order valence-electron chi connectivity index (χ0n) is 12.4. The maximum Gasteiger partial charge on any atom is 0.306 e. The third-order valence-electron chi connectivity index (χ3n) is 3.75. The lowest BCUT2D eigenvalue weighted by atomic mass is 9.92. The molecule has 0 aromatic rings. The summed E-state index contributed by atoms with van der Waals surface area (Å²) in [7, 11) is 0. The Bertz CT molecular complexity index is 251.